The number of halogens is 5. The summed E-state index contributed by atoms with van der Waals surface area (Å²) >= 11 is 31.0. The number of hydrogen-bond acceptors (Lipinski definition) is 8. The summed E-state index contributed by atoms with van der Waals surface area (Å²) in [5, 5.41) is 3.08. The standard InChI is InChI=1S/C13H13Cl2N3S.C9H13NS.C4HCl3N2.CH4/c1-8(2)19-11-6-4-3-5-10(11)17-12-9(14)7-16-13(15)18-12;1-7(2)11-9-6-4-3-5-8(9)10;5-2-1-8-4(7)9-3(2)6;/h3-8H,1-2H3,(H,16,17,18);3-7H,10H2,1-2H3;1H;1H4/i8D;7D;;. The highest BCUT2D eigenvalue weighted by Crippen LogP contribution is 2.33. The Morgan fingerprint density at radius 1 is 0.750 bits per heavy atom. The number of nitrogen functional groups attached to an aromatic ring is 1. The SMILES string of the molecule is C.Clc1ncc(Cl)c(Cl)n1.[2H]C(C)(C)Sc1ccccc1N.[2H]C(C)(C)Sc1ccccc1Nc1nc(Cl)ncc1Cl. The maximum absolute atomic E-state index is 7.98. The summed E-state index contributed by atoms with van der Waals surface area (Å²) in [6.07, 6.45) is 2.79. The maximum atomic E-state index is 7.98. The summed E-state index contributed by atoms with van der Waals surface area (Å²) in [7, 11) is 0. The zero-order valence-corrected chi connectivity index (χ0v) is 26.8. The molecule has 0 radical (unpaired) electrons. The van der Waals surface area contributed by atoms with Crippen molar-refractivity contribution in [2.45, 2.75) is 55.4 Å². The van der Waals surface area contributed by atoms with Gasteiger partial charge in [0, 0.05) is 28.7 Å². The molecule has 13 heteroatoms. The molecule has 0 amide bonds. The number of hydrogen-bond donors (Lipinski definition) is 2. The molecule has 0 aliphatic carbocycles. The smallest absolute Gasteiger partial charge is 0.224 e. The summed E-state index contributed by atoms with van der Waals surface area (Å²) < 4.78 is 15.7. The van der Waals surface area contributed by atoms with Gasteiger partial charge in [0.05, 0.1) is 23.1 Å². The van der Waals surface area contributed by atoms with Crippen LogP contribution in [0.3, 0.4) is 0 Å². The van der Waals surface area contributed by atoms with Gasteiger partial charge in [-0.05, 0) is 47.5 Å². The third-order valence-corrected chi connectivity index (χ3v) is 7.36. The van der Waals surface area contributed by atoms with E-state index in [1.807, 2.05) is 76.2 Å². The number of nitrogens with two attached hydrogens (primary N) is 1. The molecule has 0 saturated heterocycles. The summed E-state index contributed by atoms with van der Waals surface area (Å²) in [5.41, 5.74) is 7.30. The number of nitrogens with one attached hydrogen (secondary N) is 1. The minimum absolute atomic E-state index is 0. The number of thioether (sulfide) groups is 2. The Bertz CT molecular complexity index is 1440. The van der Waals surface area contributed by atoms with E-state index in [0.717, 1.165) is 21.2 Å². The molecule has 2 aromatic heterocycles. The van der Waals surface area contributed by atoms with E-state index in [2.05, 4.69) is 25.3 Å². The van der Waals surface area contributed by atoms with Crippen molar-refractivity contribution < 1.29 is 2.74 Å². The highest BCUT2D eigenvalue weighted by molar-refractivity contribution is 8.00. The van der Waals surface area contributed by atoms with Gasteiger partial charge in [-0.25, -0.2) is 15.0 Å². The molecule has 6 nitrogen and oxygen atoms in total. The Morgan fingerprint density at radius 3 is 1.80 bits per heavy atom. The number of anilines is 3. The molecule has 0 bridgehead atoms. The van der Waals surface area contributed by atoms with E-state index in [4.69, 9.17) is 66.5 Å². The molecule has 0 aliphatic rings. The number of nitrogens with zero attached hydrogens (tertiary/aromatic N) is 4. The van der Waals surface area contributed by atoms with Crippen molar-refractivity contribution in [1.29, 1.82) is 0 Å². The Balaban J connectivity index is 0.000000342. The predicted octanol–water partition coefficient (Wildman–Crippen LogP) is 10.9. The fourth-order valence-corrected chi connectivity index (χ4v) is 4.82. The zero-order chi connectivity index (χ0) is 30.8. The Hall–Kier alpha value is -1.65. The molecule has 0 aliphatic heterocycles. The van der Waals surface area contributed by atoms with E-state index in [1.165, 1.54) is 35.9 Å². The summed E-state index contributed by atoms with van der Waals surface area (Å²) in [6, 6.07) is 15.3. The monoisotopic (exact) mass is 680 g/mol. The minimum atomic E-state index is -0.634. The Labute approximate surface area is 273 Å². The van der Waals surface area contributed by atoms with Crippen LogP contribution in [0.15, 0.2) is 70.7 Å². The maximum Gasteiger partial charge on any atom is 0.224 e. The number of benzene rings is 2. The van der Waals surface area contributed by atoms with E-state index in [-0.39, 0.29) is 23.1 Å². The number of aromatic nitrogens is 4. The third kappa shape index (κ3) is 13.3. The lowest BCUT2D eigenvalue weighted by Gasteiger charge is -2.13. The van der Waals surface area contributed by atoms with Crippen molar-refractivity contribution in [3.63, 3.8) is 0 Å². The third-order valence-electron chi connectivity index (χ3n) is 4.07. The van der Waals surface area contributed by atoms with Crippen molar-refractivity contribution in [3.05, 3.63) is 86.7 Å². The van der Waals surface area contributed by atoms with Gasteiger partial charge in [0.15, 0.2) is 11.0 Å². The topological polar surface area (TPSA) is 89.6 Å². The van der Waals surface area contributed by atoms with Gasteiger partial charge in [0.25, 0.3) is 0 Å². The fourth-order valence-electron chi connectivity index (χ4n) is 2.56. The van der Waals surface area contributed by atoms with Gasteiger partial charge in [-0.3, -0.25) is 0 Å². The predicted molar refractivity (Wildman–Crippen MR) is 178 cm³/mol. The van der Waals surface area contributed by atoms with Crippen LogP contribution in [0.4, 0.5) is 17.2 Å². The van der Waals surface area contributed by atoms with Crippen LogP contribution in [-0.2, 0) is 0 Å². The van der Waals surface area contributed by atoms with Gasteiger partial charge >= 0.3 is 0 Å². The quantitative estimate of drug-likeness (QED) is 0.0899. The minimum Gasteiger partial charge on any atom is -0.398 e. The first kappa shape index (κ1) is 32.9. The molecule has 4 rings (SSSR count). The van der Waals surface area contributed by atoms with Crippen LogP contribution < -0.4 is 11.1 Å². The largest absolute Gasteiger partial charge is 0.398 e. The van der Waals surface area contributed by atoms with Crippen molar-refractivity contribution in [2.75, 3.05) is 11.1 Å². The van der Waals surface area contributed by atoms with Crippen LogP contribution in [0, 0.1) is 0 Å². The van der Waals surface area contributed by atoms with Gasteiger partial charge in [0.2, 0.25) is 10.6 Å². The molecule has 0 unspecified atom stereocenters. The fraction of sp³-hybridized carbons (Fsp3) is 0.259. The van der Waals surface area contributed by atoms with Crippen LogP contribution in [0.25, 0.3) is 0 Å². The van der Waals surface area contributed by atoms with Gasteiger partial charge in [-0.15, -0.1) is 23.5 Å². The van der Waals surface area contributed by atoms with Gasteiger partial charge < -0.3 is 11.1 Å². The molecular weight excluding hydrogens is 650 g/mol. The van der Waals surface area contributed by atoms with Crippen LogP contribution in [0.2, 0.25) is 25.8 Å². The highest BCUT2D eigenvalue weighted by atomic mass is 35.5. The Morgan fingerprint density at radius 2 is 1.25 bits per heavy atom. The highest BCUT2D eigenvalue weighted by Gasteiger charge is 2.09. The molecule has 4 aromatic rings. The second kappa shape index (κ2) is 18.7. The zero-order valence-electron chi connectivity index (χ0n) is 23.3. The van der Waals surface area contributed by atoms with Gasteiger partial charge in [-0.2, -0.15) is 4.98 Å². The van der Waals surface area contributed by atoms with Crippen LogP contribution in [0.5, 0.6) is 0 Å². The van der Waals surface area contributed by atoms with Crippen LogP contribution >= 0.6 is 81.5 Å². The summed E-state index contributed by atoms with van der Waals surface area (Å²) in [4.78, 5) is 16.9. The van der Waals surface area contributed by atoms with Crippen molar-refractivity contribution in [1.82, 2.24) is 19.9 Å². The van der Waals surface area contributed by atoms with E-state index in [9.17, 15) is 0 Å². The van der Waals surface area contributed by atoms with Gasteiger partial charge in [0.1, 0.15) is 5.02 Å². The first-order valence-electron chi connectivity index (χ1n) is 12.1. The average Bonchev–Trinajstić information content (AvgIpc) is 2.86. The number of para-hydroxylation sites is 2. The molecule has 40 heavy (non-hydrogen) atoms. The van der Waals surface area contributed by atoms with E-state index < -0.39 is 10.5 Å². The molecule has 0 atom stereocenters. The first-order valence-corrected chi connectivity index (χ1v) is 14.7. The van der Waals surface area contributed by atoms with Gasteiger partial charge in [-0.1, -0.05) is 94.2 Å². The van der Waals surface area contributed by atoms with E-state index >= 15 is 0 Å². The van der Waals surface area contributed by atoms with Crippen molar-refractivity contribution in [3.8, 4) is 0 Å². The van der Waals surface area contributed by atoms with E-state index in [1.54, 1.807) is 0 Å². The average molecular weight is 683 g/mol. The van der Waals surface area contributed by atoms with Crippen LogP contribution in [0.1, 0.15) is 37.9 Å². The van der Waals surface area contributed by atoms with Crippen molar-refractivity contribution in [2.24, 2.45) is 0 Å². The summed E-state index contributed by atoms with van der Waals surface area (Å²) in [6.45, 7) is 7.38. The van der Waals surface area contributed by atoms with Crippen molar-refractivity contribution >= 4 is 98.7 Å². The summed E-state index contributed by atoms with van der Waals surface area (Å²) in [5.74, 6) is 0.447. The molecule has 0 spiro atoms. The molecule has 2 aromatic carbocycles. The van der Waals surface area contributed by atoms with Crippen LogP contribution in [-0.4, -0.2) is 30.4 Å². The normalized spacial score (nSPS) is 11.4. The lowest BCUT2D eigenvalue weighted by molar-refractivity contribution is 1.11. The lowest BCUT2D eigenvalue weighted by Crippen LogP contribution is -1.98. The molecule has 2 heterocycles. The molecule has 216 valence electrons. The second-order valence-corrected chi connectivity index (χ2v) is 12.6. The molecule has 3 N–H and O–H groups in total. The molecule has 0 saturated carbocycles. The first-order chi connectivity index (χ1) is 19.0. The second-order valence-electron chi connectivity index (χ2n) is 7.79. The molecular formula is C27H31Cl5N6S2. The molecule has 0 fully saturated rings. The Kier molecular flexibility index (Phi) is 15.4. The van der Waals surface area contributed by atoms with E-state index in [0.29, 0.717) is 15.9 Å². The lowest BCUT2D eigenvalue weighted by atomic mass is 10.3. The number of rotatable bonds is 6.